The minimum atomic E-state index is -0.471. The Morgan fingerprint density at radius 1 is 1.12 bits per heavy atom. The standard InChI is InChI=1S/C25H25FN4O2/c1-14-15(2)29-24-20(10-17(26)11-23(24)28-14)25(31)30-8-6-16(7-9-30)21-13-27-22-5-4-18(32-3)12-19(21)22/h4-5,10-13,16,27H,6-9H2,1-3H3. The summed E-state index contributed by atoms with van der Waals surface area (Å²) in [4.78, 5) is 27.4. The quantitative estimate of drug-likeness (QED) is 0.500. The first-order chi connectivity index (χ1) is 15.4. The van der Waals surface area contributed by atoms with Gasteiger partial charge in [-0.05, 0) is 62.4 Å². The number of aromatic nitrogens is 3. The van der Waals surface area contributed by atoms with Gasteiger partial charge in [0.15, 0.2) is 0 Å². The van der Waals surface area contributed by atoms with Crippen molar-refractivity contribution in [3.05, 3.63) is 64.9 Å². The van der Waals surface area contributed by atoms with Gasteiger partial charge in [0.2, 0.25) is 0 Å². The van der Waals surface area contributed by atoms with Gasteiger partial charge in [0.1, 0.15) is 17.1 Å². The van der Waals surface area contributed by atoms with Crippen molar-refractivity contribution < 1.29 is 13.9 Å². The van der Waals surface area contributed by atoms with Crippen LogP contribution in [0.15, 0.2) is 36.5 Å². The molecule has 1 aliphatic rings. The second-order valence-corrected chi connectivity index (χ2v) is 8.44. The highest BCUT2D eigenvalue weighted by molar-refractivity contribution is 6.04. The molecule has 1 amide bonds. The van der Waals surface area contributed by atoms with Gasteiger partial charge in [0.25, 0.3) is 5.91 Å². The molecule has 0 radical (unpaired) electrons. The third kappa shape index (κ3) is 3.47. The van der Waals surface area contributed by atoms with Crippen LogP contribution in [0.4, 0.5) is 4.39 Å². The first kappa shape index (κ1) is 20.4. The fourth-order valence-corrected chi connectivity index (χ4v) is 4.61. The molecule has 32 heavy (non-hydrogen) atoms. The van der Waals surface area contributed by atoms with E-state index in [4.69, 9.17) is 4.74 Å². The van der Waals surface area contributed by atoms with Gasteiger partial charge in [-0.2, -0.15) is 0 Å². The van der Waals surface area contributed by atoms with Gasteiger partial charge in [0.05, 0.1) is 29.6 Å². The van der Waals surface area contributed by atoms with Gasteiger partial charge in [-0.15, -0.1) is 0 Å². The van der Waals surface area contributed by atoms with Crippen LogP contribution in [0.1, 0.15) is 46.1 Å². The molecule has 0 spiro atoms. The maximum absolute atomic E-state index is 14.3. The summed E-state index contributed by atoms with van der Waals surface area (Å²) in [6, 6.07) is 8.64. The van der Waals surface area contributed by atoms with E-state index in [-0.39, 0.29) is 11.5 Å². The van der Waals surface area contributed by atoms with Gasteiger partial charge >= 0.3 is 0 Å². The Bertz CT molecular complexity index is 1340. The number of aryl methyl sites for hydroxylation is 2. The summed E-state index contributed by atoms with van der Waals surface area (Å²) >= 11 is 0. The fraction of sp³-hybridized carbons (Fsp3) is 0.320. The second kappa shape index (κ2) is 7.89. The number of H-pyrrole nitrogens is 1. The van der Waals surface area contributed by atoms with Gasteiger partial charge in [0, 0.05) is 36.3 Å². The third-order valence-electron chi connectivity index (χ3n) is 6.52. The SMILES string of the molecule is COc1ccc2[nH]cc(C3CCN(C(=O)c4cc(F)cc5nc(C)c(C)nc45)CC3)c2c1. The van der Waals surface area contributed by atoms with Crippen molar-refractivity contribution in [3.8, 4) is 5.75 Å². The lowest BCUT2D eigenvalue weighted by atomic mass is 9.89. The summed E-state index contributed by atoms with van der Waals surface area (Å²) in [5, 5.41) is 1.16. The Labute approximate surface area is 185 Å². The number of nitrogens with one attached hydrogen (secondary N) is 1. The number of likely N-dealkylation sites (tertiary alicyclic amines) is 1. The van der Waals surface area contributed by atoms with E-state index < -0.39 is 5.82 Å². The predicted molar refractivity (Wildman–Crippen MR) is 122 cm³/mol. The number of rotatable bonds is 3. The summed E-state index contributed by atoms with van der Waals surface area (Å²) in [6.45, 7) is 4.90. The number of hydrogen-bond acceptors (Lipinski definition) is 4. The number of fused-ring (bicyclic) bond motifs is 2. The van der Waals surface area contributed by atoms with Crippen LogP contribution in [-0.4, -0.2) is 46.0 Å². The summed E-state index contributed by atoms with van der Waals surface area (Å²) in [6.07, 6.45) is 3.74. The fourth-order valence-electron chi connectivity index (χ4n) is 4.61. The molecule has 7 heteroatoms. The summed E-state index contributed by atoms with van der Waals surface area (Å²) in [5.74, 6) is 0.511. The molecule has 3 heterocycles. The van der Waals surface area contributed by atoms with Crippen LogP contribution in [-0.2, 0) is 0 Å². The highest BCUT2D eigenvalue weighted by Crippen LogP contribution is 2.35. The van der Waals surface area contributed by atoms with E-state index >= 15 is 0 Å². The van der Waals surface area contributed by atoms with E-state index in [1.54, 1.807) is 12.0 Å². The molecule has 4 aromatic rings. The van der Waals surface area contributed by atoms with E-state index in [0.29, 0.717) is 30.0 Å². The molecule has 0 bridgehead atoms. The first-order valence-electron chi connectivity index (χ1n) is 10.8. The molecule has 5 rings (SSSR count). The maximum Gasteiger partial charge on any atom is 0.256 e. The van der Waals surface area contributed by atoms with Gasteiger partial charge in [-0.25, -0.2) is 14.4 Å². The number of ether oxygens (including phenoxy) is 1. The van der Waals surface area contributed by atoms with Crippen LogP contribution in [0.5, 0.6) is 5.75 Å². The largest absolute Gasteiger partial charge is 0.497 e. The molecule has 0 unspecified atom stereocenters. The third-order valence-corrected chi connectivity index (χ3v) is 6.52. The molecular formula is C25H25FN4O2. The Morgan fingerprint density at radius 2 is 1.88 bits per heavy atom. The normalized spacial score (nSPS) is 14.9. The maximum atomic E-state index is 14.3. The summed E-state index contributed by atoms with van der Waals surface area (Å²) in [5.41, 5.74) is 4.97. The van der Waals surface area contributed by atoms with E-state index in [1.165, 1.54) is 17.7 Å². The van der Waals surface area contributed by atoms with Crippen molar-refractivity contribution in [1.29, 1.82) is 0 Å². The highest BCUT2D eigenvalue weighted by Gasteiger charge is 2.28. The molecule has 1 aliphatic heterocycles. The van der Waals surface area contributed by atoms with Crippen LogP contribution in [0.25, 0.3) is 21.9 Å². The molecule has 2 aromatic heterocycles. The molecule has 0 atom stereocenters. The zero-order valence-electron chi connectivity index (χ0n) is 18.4. The predicted octanol–water partition coefficient (Wildman–Crippen LogP) is 4.90. The molecule has 1 fully saturated rings. The smallest absolute Gasteiger partial charge is 0.256 e. The lowest BCUT2D eigenvalue weighted by molar-refractivity contribution is 0.0714. The number of halogens is 1. The minimum absolute atomic E-state index is 0.189. The van der Waals surface area contributed by atoms with Crippen molar-refractivity contribution in [2.45, 2.75) is 32.6 Å². The number of carbonyl (C=O) groups excluding carboxylic acids is 1. The zero-order valence-corrected chi connectivity index (χ0v) is 18.4. The topological polar surface area (TPSA) is 71.1 Å². The number of aromatic amines is 1. The van der Waals surface area contributed by atoms with Crippen molar-refractivity contribution in [1.82, 2.24) is 19.9 Å². The monoisotopic (exact) mass is 432 g/mol. The molecule has 1 saturated heterocycles. The molecule has 2 aromatic carbocycles. The summed E-state index contributed by atoms with van der Waals surface area (Å²) < 4.78 is 19.6. The second-order valence-electron chi connectivity index (χ2n) is 8.44. The number of benzene rings is 2. The average molecular weight is 432 g/mol. The minimum Gasteiger partial charge on any atom is -0.497 e. The van der Waals surface area contributed by atoms with Crippen LogP contribution >= 0.6 is 0 Å². The number of nitrogens with zero attached hydrogens (tertiary/aromatic N) is 3. The van der Waals surface area contributed by atoms with E-state index in [1.807, 2.05) is 26.0 Å². The molecule has 0 aliphatic carbocycles. The molecule has 164 valence electrons. The summed E-state index contributed by atoms with van der Waals surface area (Å²) in [7, 11) is 1.67. The molecule has 1 N–H and O–H groups in total. The number of hydrogen-bond donors (Lipinski definition) is 1. The molecule has 6 nitrogen and oxygen atoms in total. The van der Waals surface area contributed by atoms with Gasteiger partial charge < -0.3 is 14.6 Å². The first-order valence-corrected chi connectivity index (χ1v) is 10.8. The Hall–Kier alpha value is -3.48. The average Bonchev–Trinajstić information content (AvgIpc) is 3.22. The van der Waals surface area contributed by atoms with Crippen molar-refractivity contribution in [3.63, 3.8) is 0 Å². The number of piperidine rings is 1. The van der Waals surface area contributed by atoms with Crippen molar-refractivity contribution in [2.24, 2.45) is 0 Å². The van der Waals surface area contributed by atoms with Crippen LogP contribution in [0, 0.1) is 19.7 Å². The Morgan fingerprint density at radius 3 is 2.62 bits per heavy atom. The van der Waals surface area contributed by atoms with Crippen LogP contribution in [0.2, 0.25) is 0 Å². The van der Waals surface area contributed by atoms with E-state index in [0.717, 1.165) is 40.9 Å². The number of carbonyl (C=O) groups is 1. The Balaban J connectivity index is 1.39. The Kier molecular flexibility index (Phi) is 5.04. The van der Waals surface area contributed by atoms with Crippen molar-refractivity contribution >= 4 is 27.8 Å². The van der Waals surface area contributed by atoms with Crippen molar-refractivity contribution in [2.75, 3.05) is 20.2 Å². The van der Waals surface area contributed by atoms with Crippen LogP contribution < -0.4 is 4.74 Å². The molecule has 0 saturated carbocycles. The van der Waals surface area contributed by atoms with Crippen LogP contribution in [0.3, 0.4) is 0 Å². The van der Waals surface area contributed by atoms with Gasteiger partial charge in [-0.3, -0.25) is 4.79 Å². The number of methoxy groups -OCH3 is 1. The lowest BCUT2D eigenvalue weighted by Gasteiger charge is -2.32. The zero-order chi connectivity index (χ0) is 22.4. The van der Waals surface area contributed by atoms with Gasteiger partial charge in [-0.1, -0.05) is 0 Å². The molecular weight excluding hydrogens is 407 g/mol. The van der Waals surface area contributed by atoms with E-state index in [9.17, 15) is 9.18 Å². The van der Waals surface area contributed by atoms with E-state index in [2.05, 4.69) is 27.2 Å². The highest BCUT2D eigenvalue weighted by atomic mass is 19.1. The number of amides is 1. The lowest BCUT2D eigenvalue weighted by Crippen LogP contribution is -2.38.